The summed E-state index contributed by atoms with van der Waals surface area (Å²) in [6.07, 6.45) is 0. The molecular formula is C21H23N5O4. The third-order valence-electron chi connectivity index (χ3n) is 5.42. The third-order valence-corrected chi connectivity index (χ3v) is 5.42. The molecule has 1 atom stereocenters. The van der Waals surface area contributed by atoms with Gasteiger partial charge in [0.2, 0.25) is 11.8 Å². The van der Waals surface area contributed by atoms with Crippen molar-refractivity contribution in [1.29, 1.82) is 0 Å². The first kappa shape index (κ1) is 19.8. The Kier molecular flexibility index (Phi) is 5.62. The summed E-state index contributed by atoms with van der Waals surface area (Å²) in [7, 11) is 1.67. The van der Waals surface area contributed by atoms with Gasteiger partial charge in [0.05, 0.1) is 18.1 Å². The molecule has 0 saturated carbocycles. The molecule has 0 bridgehead atoms. The van der Waals surface area contributed by atoms with Gasteiger partial charge >= 0.3 is 0 Å². The minimum atomic E-state index is -0.434. The Morgan fingerprint density at radius 1 is 1.03 bits per heavy atom. The molecule has 2 heterocycles. The normalized spacial score (nSPS) is 15.7. The Morgan fingerprint density at radius 3 is 2.30 bits per heavy atom. The number of rotatable bonds is 6. The van der Waals surface area contributed by atoms with Crippen molar-refractivity contribution in [3.05, 3.63) is 64.5 Å². The molecule has 30 heavy (non-hydrogen) atoms. The highest BCUT2D eigenvalue weighted by Gasteiger charge is 2.26. The van der Waals surface area contributed by atoms with E-state index in [4.69, 9.17) is 9.15 Å². The maximum absolute atomic E-state index is 10.8. The summed E-state index contributed by atoms with van der Waals surface area (Å²) in [6, 6.07) is 14.2. The summed E-state index contributed by atoms with van der Waals surface area (Å²) < 4.78 is 11.1. The maximum Gasteiger partial charge on any atom is 0.269 e. The van der Waals surface area contributed by atoms with E-state index >= 15 is 0 Å². The molecule has 1 saturated heterocycles. The molecule has 1 aliphatic heterocycles. The number of nitrogens with zero attached hydrogens (tertiary/aromatic N) is 5. The van der Waals surface area contributed by atoms with Crippen LogP contribution in [0.25, 0.3) is 11.5 Å². The predicted octanol–water partition coefficient (Wildman–Crippen LogP) is 3.54. The smallest absolute Gasteiger partial charge is 0.269 e. The van der Waals surface area contributed by atoms with E-state index in [1.165, 1.54) is 17.8 Å². The number of hydrogen-bond acceptors (Lipinski definition) is 8. The molecule has 1 aliphatic rings. The SMILES string of the molecule is COc1ccc(N2CCN([C@@H](C)c3nnc(-c4ccc([N+](=O)[O-])cc4)o3)CC2)cc1. The van der Waals surface area contributed by atoms with E-state index in [0.29, 0.717) is 17.3 Å². The lowest BCUT2D eigenvalue weighted by atomic mass is 10.2. The molecule has 0 unspecified atom stereocenters. The Balaban J connectivity index is 1.38. The van der Waals surface area contributed by atoms with Crippen LogP contribution in [0.1, 0.15) is 18.9 Å². The Hall–Kier alpha value is -3.46. The lowest BCUT2D eigenvalue weighted by molar-refractivity contribution is -0.384. The van der Waals surface area contributed by atoms with Crippen molar-refractivity contribution in [2.45, 2.75) is 13.0 Å². The van der Waals surface area contributed by atoms with Gasteiger partial charge in [-0.05, 0) is 43.3 Å². The average Bonchev–Trinajstić information content (AvgIpc) is 3.29. The van der Waals surface area contributed by atoms with Crippen molar-refractivity contribution in [3.8, 4) is 17.2 Å². The van der Waals surface area contributed by atoms with Gasteiger partial charge in [0.15, 0.2) is 0 Å². The first-order valence-corrected chi connectivity index (χ1v) is 9.76. The van der Waals surface area contributed by atoms with E-state index in [2.05, 4.69) is 39.1 Å². The lowest BCUT2D eigenvalue weighted by Gasteiger charge is -2.38. The first-order chi connectivity index (χ1) is 14.5. The zero-order valence-electron chi connectivity index (χ0n) is 16.9. The van der Waals surface area contributed by atoms with Crippen molar-refractivity contribution in [2.75, 3.05) is 38.2 Å². The summed E-state index contributed by atoms with van der Waals surface area (Å²) in [5.41, 5.74) is 1.87. The van der Waals surface area contributed by atoms with Gasteiger partial charge < -0.3 is 14.1 Å². The zero-order valence-corrected chi connectivity index (χ0v) is 16.9. The summed E-state index contributed by atoms with van der Waals surface area (Å²) >= 11 is 0. The number of nitro benzene ring substituents is 1. The van der Waals surface area contributed by atoms with Crippen LogP contribution in [0, 0.1) is 10.1 Å². The van der Waals surface area contributed by atoms with Crippen LogP contribution in [0.2, 0.25) is 0 Å². The van der Waals surface area contributed by atoms with Gasteiger partial charge in [-0.1, -0.05) is 0 Å². The zero-order chi connectivity index (χ0) is 21.1. The number of anilines is 1. The Labute approximate surface area is 174 Å². The molecule has 0 aliphatic carbocycles. The van der Waals surface area contributed by atoms with Crippen LogP contribution in [0.3, 0.4) is 0 Å². The van der Waals surface area contributed by atoms with Gasteiger partial charge in [0.25, 0.3) is 5.69 Å². The predicted molar refractivity (Wildman–Crippen MR) is 112 cm³/mol. The molecule has 4 rings (SSSR count). The second-order valence-corrected chi connectivity index (χ2v) is 7.15. The Morgan fingerprint density at radius 2 is 1.70 bits per heavy atom. The molecule has 0 amide bonds. The van der Waals surface area contributed by atoms with Crippen LogP contribution < -0.4 is 9.64 Å². The molecule has 0 spiro atoms. The molecule has 1 fully saturated rings. The molecule has 9 heteroatoms. The maximum atomic E-state index is 10.8. The molecule has 0 radical (unpaired) electrons. The van der Waals surface area contributed by atoms with E-state index in [1.54, 1.807) is 19.2 Å². The summed E-state index contributed by atoms with van der Waals surface area (Å²) in [4.78, 5) is 15.0. The largest absolute Gasteiger partial charge is 0.497 e. The number of hydrogen-bond donors (Lipinski definition) is 0. The van der Waals surface area contributed by atoms with Gasteiger partial charge in [0, 0.05) is 49.6 Å². The van der Waals surface area contributed by atoms with Gasteiger partial charge in [-0.3, -0.25) is 15.0 Å². The van der Waals surface area contributed by atoms with E-state index in [0.717, 1.165) is 31.9 Å². The number of benzene rings is 2. The van der Waals surface area contributed by atoms with Crippen LogP contribution >= 0.6 is 0 Å². The van der Waals surface area contributed by atoms with Crippen molar-refractivity contribution < 1.29 is 14.1 Å². The third kappa shape index (κ3) is 4.11. The van der Waals surface area contributed by atoms with E-state index < -0.39 is 4.92 Å². The standard InChI is InChI=1S/C21H23N5O4/c1-15(20-22-23-21(30-20)16-3-5-18(6-4-16)26(27)28)24-11-13-25(14-12-24)17-7-9-19(29-2)10-8-17/h3-10,15H,11-14H2,1-2H3/t15-/m0/s1. The molecule has 3 aromatic rings. The molecule has 156 valence electrons. The highest BCUT2D eigenvalue weighted by atomic mass is 16.6. The number of methoxy groups -OCH3 is 1. The minimum absolute atomic E-state index is 0.0117. The quantitative estimate of drug-likeness (QED) is 0.450. The molecular weight excluding hydrogens is 386 g/mol. The minimum Gasteiger partial charge on any atom is -0.497 e. The highest BCUT2D eigenvalue weighted by molar-refractivity contribution is 5.55. The monoisotopic (exact) mass is 409 g/mol. The molecule has 0 N–H and O–H groups in total. The van der Waals surface area contributed by atoms with Crippen LogP contribution in [0.4, 0.5) is 11.4 Å². The van der Waals surface area contributed by atoms with Crippen molar-refractivity contribution in [1.82, 2.24) is 15.1 Å². The number of non-ortho nitro benzene ring substituents is 1. The Bertz CT molecular complexity index is 995. The van der Waals surface area contributed by atoms with E-state index in [-0.39, 0.29) is 11.7 Å². The van der Waals surface area contributed by atoms with E-state index in [9.17, 15) is 10.1 Å². The van der Waals surface area contributed by atoms with Gasteiger partial charge in [-0.25, -0.2) is 0 Å². The van der Waals surface area contributed by atoms with Gasteiger partial charge in [-0.2, -0.15) is 0 Å². The number of nitro groups is 1. The fraction of sp³-hybridized carbons (Fsp3) is 0.333. The van der Waals surface area contributed by atoms with Crippen LogP contribution in [-0.2, 0) is 0 Å². The topological polar surface area (TPSA) is 97.8 Å². The average molecular weight is 409 g/mol. The summed E-state index contributed by atoms with van der Waals surface area (Å²) in [6.45, 7) is 5.61. The van der Waals surface area contributed by atoms with Crippen LogP contribution in [0.5, 0.6) is 5.75 Å². The van der Waals surface area contributed by atoms with Gasteiger partial charge in [0.1, 0.15) is 5.75 Å². The molecule has 1 aromatic heterocycles. The number of ether oxygens (including phenoxy) is 1. The molecule has 9 nitrogen and oxygen atoms in total. The summed E-state index contributed by atoms with van der Waals surface area (Å²) in [5, 5.41) is 19.1. The van der Waals surface area contributed by atoms with Crippen molar-refractivity contribution in [3.63, 3.8) is 0 Å². The summed E-state index contributed by atoms with van der Waals surface area (Å²) in [5.74, 6) is 1.76. The fourth-order valence-electron chi connectivity index (χ4n) is 3.56. The van der Waals surface area contributed by atoms with Crippen molar-refractivity contribution >= 4 is 11.4 Å². The van der Waals surface area contributed by atoms with E-state index in [1.807, 2.05) is 12.1 Å². The fourth-order valence-corrected chi connectivity index (χ4v) is 3.56. The van der Waals surface area contributed by atoms with Crippen molar-refractivity contribution in [2.24, 2.45) is 0 Å². The second-order valence-electron chi connectivity index (χ2n) is 7.15. The van der Waals surface area contributed by atoms with Crippen LogP contribution in [-0.4, -0.2) is 53.3 Å². The number of piperazine rings is 1. The molecule has 2 aromatic carbocycles. The highest BCUT2D eigenvalue weighted by Crippen LogP contribution is 2.27. The first-order valence-electron chi connectivity index (χ1n) is 9.76. The van der Waals surface area contributed by atoms with Crippen LogP contribution in [0.15, 0.2) is 52.9 Å². The second kappa shape index (κ2) is 8.50. The number of aromatic nitrogens is 2. The van der Waals surface area contributed by atoms with Gasteiger partial charge in [-0.15, -0.1) is 10.2 Å². The lowest BCUT2D eigenvalue weighted by Crippen LogP contribution is -2.47.